The van der Waals surface area contributed by atoms with Crippen LogP contribution >= 0.6 is 23.1 Å². The van der Waals surface area contributed by atoms with Gasteiger partial charge in [-0.2, -0.15) is 0 Å². The van der Waals surface area contributed by atoms with E-state index in [0.717, 1.165) is 27.6 Å². The zero-order valence-corrected chi connectivity index (χ0v) is 18.2. The Morgan fingerprint density at radius 3 is 2.73 bits per heavy atom. The first kappa shape index (κ1) is 20.5. The van der Waals surface area contributed by atoms with Crippen molar-refractivity contribution in [2.75, 3.05) is 22.6 Å². The van der Waals surface area contributed by atoms with E-state index in [4.69, 9.17) is 4.74 Å². The second-order valence-corrected chi connectivity index (χ2v) is 8.88. The second-order valence-electron chi connectivity index (χ2n) is 6.78. The number of thiophene rings is 1. The lowest BCUT2D eigenvalue weighted by molar-refractivity contribution is -0.116. The molecule has 0 saturated carbocycles. The van der Waals surface area contributed by atoms with Crippen molar-refractivity contribution in [1.29, 1.82) is 0 Å². The molecule has 0 aliphatic carbocycles. The number of carbonyl (C=O) groups excluding carboxylic acids is 2. The summed E-state index contributed by atoms with van der Waals surface area (Å²) in [5.74, 6) is 1.23. The molecule has 0 radical (unpaired) electrons. The van der Waals surface area contributed by atoms with E-state index in [2.05, 4.69) is 5.32 Å². The van der Waals surface area contributed by atoms with Crippen molar-refractivity contribution in [1.82, 2.24) is 0 Å². The highest BCUT2D eigenvalue weighted by Gasteiger charge is 2.34. The number of rotatable bonds is 7. The van der Waals surface area contributed by atoms with E-state index >= 15 is 0 Å². The highest BCUT2D eigenvalue weighted by atomic mass is 32.2. The number of anilines is 2. The molecule has 1 aliphatic rings. The summed E-state index contributed by atoms with van der Waals surface area (Å²) in [7, 11) is 0. The molecule has 2 aromatic carbocycles. The van der Waals surface area contributed by atoms with Crippen LogP contribution in [0, 0.1) is 0 Å². The molecule has 1 aliphatic heterocycles. The third-order valence-corrected chi connectivity index (χ3v) is 6.75. The SMILES string of the molecule is CCOc1ccc(N2C(=O)CSC2c2cccc(NC(=O)Cc3cccs3)c2)cc1. The smallest absolute Gasteiger partial charge is 0.238 e. The van der Waals surface area contributed by atoms with Crippen LogP contribution in [0.3, 0.4) is 0 Å². The van der Waals surface area contributed by atoms with Crippen molar-refractivity contribution < 1.29 is 14.3 Å². The van der Waals surface area contributed by atoms with Crippen molar-refractivity contribution in [3.63, 3.8) is 0 Å². The van der Waals surface area contributed by atoms with E-state index in [1.807, 2.05) is 77.9 Å². The number of thioether (sulfide) groups is 1. The molecule has 1 saturated heterocycles. The van der Waals surface area contributed by atoms with Gasteiger partial charge in [0.15, 0.2) is 0 Å². The lowest BCUT2D eigenvalue weighted by Crippen LogP contribution is -2.27. The standard InChI is InChI=1S/C23H22N2O3S2/c1-2-28-19-10-8-18(9-11-19)25-22(27)15-30-23(25)16-5-3-6-17(13-16)24-21(26)14-20-7-4-12-29-20/h3-13,23H,2,14-15H2,1H3,(H,24,26). The Bertz CT molecular complexity index is 1020. The van der Waals surface area contributed by atoms with Crippen LogP contribution in [0.15, 0.2) is 66.0 Å². The van der Waals surface area contributed by atoms with Gasteiger partial charge < -0.3 is 10.1 Å². The quantitative estimate of drug-likeness (QED) is 0.557. The Balaban J connectivity index is 1.51. The number of hydrogen-bond donors (Lipinski definition) is 1. The van der Waals surface area contributed by atoms with Gasteiger partial charge in [0.25, 0.3) is 0 Å². The lowest BCUT2D eigenvalue weighted by Gasteiger charge is -2.25. The van der Waals surface area contributed by atoms with E-state index in [9.17, 15) is 9.59 Å². The van der Waals surface area contributed by atoms with Crippen LogP contribution in [0.5, 0.6) is 5.75 Å². The molecule has 3 aromatic rings. The van der Waals surface area contributed by atoms with Crippen molar-refractivity contribution in [3.8, 4) is 5.75 Å². The number of nitrogens with zero attached hydrogens (tertiary/aromatic N) is 1. The molecule has 1 fully saturated rings. The van der Waals surface area contributed by atoms with Gasteiger partial charge in [-0.25, -0.2) is 0 Å². The van der Waals surface area contributed by atoms with Crippen LogP contribution in [0.2, 0.25) is 0 Å². The minimum atomic E-state index is -0.135. The Hall–Kier alpha value is -2.77. The predicted octanol–water partition coefficient (Wildman–Crippen LogP) is 5.11. The molecule has 154 valence electrons. The zero-order valence-electron chi connectivity index (χ0n) is 16.5. The van der Waals surface area contributed by atoms with Gasteiger partial charge in [-0.15, -0.1) is 23.1 Å². The van der Waals surface area contributed by atoms with Crippen molar-refractivity contribution in [3.05, 3.63) is 76.5 Å². The fourth-order valence-electron chi connectivity index (χ4n) is 3.37. The summed E-state index contributed by atoms with van der Waals surface area (Å²) in [6, 6.07) is 19.2. The molecule has 2 amide bonds. The maximum absolute atomic E-state index is 12.6. The minimum absolute atomic E-state index is 0.0480. The first-order valence-corrected chi connectivity index (χ1v) is 11.7. The summed E-state index contributed by atoms with van der Waals surface area (Å²) in [5.41, 5.74) is 2.56. The number of carbonyl (C=O) groups is 2. The van der Waals surface area contributed by atoms with Gasteiger partial charge in [0.2, 0.25) is 11.8 Å². The van der Waals surface area contributed by atoms with Gasteiger partial charge in [0.1, 0.15) is 11.1 Å². The summed E-state index contributed by atoms with van der Waals surface area (Å²) in [6.45, 7) is 2.54. The molecular formula is C23H22N2O3S2. The van der Waals surface area contributed by atoms with Crippen LogP contribution in [0.1, 0.15) is 22.7 Å². The Morgan fingerprint density at radius 2 is 2.00 bits per heavy atom. The molecule has 1 N–H and O–H groups in total. The topological polar surface area (TPSA) is 58.6 Å². The van der Waals surface area contributed by atoms with Crippen molar-refractivity contribution in [2.24, 2.45) is 0 Å². The van der Waals surface area contributed by atoms with Crippen LogP contribution in [-0.4, -0.2) is 24.2 Å². The molecule has 5 nitrogen and oxygen atoms in total. The Labute approximate surface area is 184 Å². The number of ether oxygens (including phenoxy) is 1. The van der Waals surface area contributed by atoms with Crippen molar-refractivity contribution >= 4 is 46.3 Å². The maximum Gasteiger partial charge on any atom is 0.238 e. The third-order valence-electron chi connectivity index (χ3n) is 4.66. The Kier molecular flexibility index (Phi) is 6.40. The van der Waals surface area contributed by atoms with E-state index in [1.54, 1.807) is 23.1 Å². The number of amides is 2. The molecule has 7 heteroatoms. The van der Waals surface area contributed by atoms with Crippen molar-refractivity contribution in [2.45, 2.75) is 18.7 Å². The first-order chi connectivity index (χ1) is 14.6. The molecule has 0 spiro atoms. The normalized spacial score (nSPS) is 16.0. The molecule has 1 unspecified atom stereocenters. The summed E-state index contributed by atoms with van der Waals surface area (Å²) in [4.78, 5) is 27.8. The molecular weight excluding hydrogens is 416 g/mol. The molecule has 30 heavy (non-hydrogen) atoms. The van der Waals surface area contributed by atoms with Crippen LogP contribution in [0.4, 0.5) is 11.4 Å². The average Bonchev–Trinajstić information content (AvgIpc) is 3.38. The van der Waals surface area contributed by atoms with Crippen LogP contribution in [-0.2, 0) is 16.0 Å². The molecule has 1 aromatic heterocycles. The summed E-state index contributed by atoms with van der Waals surface area (Å²) < 4.78 is 5.50. The summed E-state index contributed by atoms with van der Waals surface area (Å²) >= 11 is 3.16. The number of benzene rings is 2. The van der Waals surface area contributed by atoms with Gasteiger partial charge in [0, 0.05) is 16.3 Å². The largest absolute Gasteiger partial charge is 0.494 e. The zero-order chi connectivity index (χ0) is 20.9. The van der Waals surface area contributed by atoms with Gasteiger partial charge in [-0.05, 0) is 60.3 Å². The number of nitrogens with one attached hydrogen (secondary N) is 1. The van der Waals surface area contributed by atoms with E-state index in [-0.39, 0.29) is 17.2 Å². The summed E-state index contributed by atoms with van der Waals surface area (Å²) in [5, 5.41) is 4.80. The Morgan fingerprint density at radius 1 is 1.17 bits per heavy atom. The van der Waals surface area contributed by atoms with Crippen LogP contribution in [0.25, 0.3) is 0 Å². The number of hydrogen-bond acceptors (Lipinski definition) is 5. The fraction of sp³-hybridized carbons (Fsp3) is 0.217. The van der Waals surface area contributed by atoms with Gasteiger partial charge >= 0.3 is 0 Å². The highest BCUT2D eigenvalue weighted by molar-refractivity contribution is 8.00. The monoisotopic (exact) mass is 438 g/mol. The maximum atomic E-state index is 12.6. The van der Waals surface area contributed by atoms with Crippen LogP contribution < -0.4 is 15.0 Å². The van der Waals surface area contributed by atoms with Gasteiger partial charge in [0.05, 0.1) is 18.8 Å². The lowest BCUT2D eigenvalue weighted by atomic mass is 10.1. The summed E-state index contributed by atoms with van der Waals surface area (Å²) in [6.07, 6.45) is 0.358. The molecule has 1 atom stereocenters. The molecule has 0 bridgehead atoms. The average molecular weight is 439 g/mol. The van der Waals surface area contributed by atoms with Gasteiger partial charge in [-0.3, -0.25) is 14.5 Å². The van der Waals surface area contributed by atoms with E-state index in [1.165, 1.54) is 0 Å². The first-order valence-electron chi connectivity index (χ1n) is 9.73. The fourth-order valence-corrected chi connectivity index (χ4v) is 5.24. The molecule has 4 rings (SSSR count). The second kappa shape index (κ2) is 9.36. The van der Waals surface area contributed by atoms with E-state index in [0.29, 0.717) is 18.8 Å². The highest BCUT2D eigenvalue weighted by Crippen LogP contribution is 2.42. The van der Waals surface area contributed by atoms with E-state index < -0.39 is 0 Å². The minimum Gasteiger partial charge on any atom is -0.494 e. The third kappa shape index (κ3) is 4.68. The van der Waals surface area contributed by atoms with Gasteiger partial charge in [-0.1, -0.05) is 18.2 Å². The molecule has 2 heterocycles. The predicted molar refractivity (Wildman–Crippen MR) is 123 cm³/mol.